The van der Waals surface area contributed by atoms with E-state index < -0.39 is 0 Å². The second-order valence-corrected chi connectivity index (χ2v) is 11.8. The summed E-state index contributed by atoms with van der Waals surface area (Å²) >= 11 is 0. The Morgan fingerprint density at radius 3 is 1.21 bits per heavy atom. The minimum atomic E-state index is 1.10. The monoisotopic (exact) mass is 599 g/mol. The van der Waals surface area contributed by atoms with E-state index in [1.54, 1.807) is 0 Å². The van der Waals surface area contributed by atoms with Crippen LogP contribution < -0.4 is 4.90 Å². The van der Waals surface area contributed by atoms with Crippen molar-refractivity contribution in [1.29, 1.82) is 0 Å². The van der Waals surface area contributed by atoms with Gasteiger partial charge < -0.3 is 4.90 Å². The first-order chi connectivity index (χ1) is 23.3. The van der Waals surface area contributed by atoms with Crippen LogP contribution >= 0.6 is 0 Å². The molecular formula is C46H33N. The minimum absolute atomic E-state index is 1.10. The lowest BCUT2D eigenvalue weighted by molar-refractivity contribution is 1.28. The Morgan fingerprint density at radius 1 is 0.255 bits per heavy atom. The van der Waals surface area contributed by atoms with Crippen molar-refractivity contribution in [3.63, 3.8) is 0 Å². The Labute approximate surface area is 276 Å². The number of nitrogens with zero attached hydrogens (tertiary/aromatic N) is 1. The fourth-order valence-corrected chi connectivity index (χ4v) is 6.52. The molecule has 0 aliphatic heterocycles. The SMILES string of the molecule is c1ccc(-c2ccc(N(c3ccccc3)c3ccc(-c4cc5ccccc5cc4-c4ccccc4)cc3)c(-c3ccccc3)c2)cc1. The van der Waals surface area contributed by atoms with Crippen molar-refractivity contribution in [1.82, 2.24) is 0 Å². The number of rotatable bonds is 7. The van der Waals surface area contributed by atoms with Crippen LogP contribution in [-0.4, -0.2) is 0 Å². The molecule has 0 heterocycles. The van der Waals surface area contributed by atoms with Gasteiger partial charge in [0.15, 0.2) is 0 Å². The van der Waals surface area contributed by atoms with Crippen molar-refractivity contribution >= 4 is 27.8 Å². The van der Waals surface area contributed by atoms with Crippen LogP contribution in [0.25, 0.3) is 55.3 Å². The zero-order valence-corrected chi connectivity index (χ0v) is 26.0. The third-order valence-electron chi connectivity index (χ3n) is 8.85. The number of para-hydroxylation sites is 1. The highest BCUT2D eigenvalue weighted by molar-refractivity contribution is 5.97. The lowest BCUT2D eigenvalue weighted by atomic mass is 9.91. The van der Waals surface area contributed by atoms with Crippen LogP contribution in [0.5, 0.6) is 0 Å². The molecule has 222 valence electrons. The molecule has 0 N–H and O–H groups in total. The van der Waals surface area contributed by atoms with Gasteiger partial charge in [0.25, 0.3) is 0 Å². The molecule has 0 fully saturated rings. The maximum Gasteiger partial charge on any atom is 0.0540 e. The van der Waals surface area contributed by atoms with E-state index in [2.05, 4.69) is 205 Å². The Hall–Kier alpha value is -6.18. The van der Waals surface area contributed by atoms with Crippen LogP contribution in [0.2, 0.25) is 0 Å². The van der Waals surface area contributed by atoms with Gasteiger partial charge in [-0.05, 0) is 98.2 Å². The number of anilines is 3. The minimum Gasteiger partial charge on any atom is -0.310 e. The van der Waals surface area contributed by atoms with Crippen molar-refractivity contribution < 1.29 is 0 Å². The van der Waals surface area contributed by atoms with Gasteiger partial charge in [0, 0.05) is 16.9 Å². The summed E-state index contributed by atoms with van der Waals surface area (Å²) in [5.41, 5.74) is 13.0. The maximum atomic E-state index is 2.37. The van der Waals surface area contributed by atoms with E-state index in [0.717, 1.165) is 17.1 Å². The summed E-state index contributed by atoms with van der Waals surface area (Å²) in [4.78, 5) is 2.37. The Balaban J connectivity index is 1.28. The highest BCUT2D eigenvalue weighted by Gasteiger charge is 2.19. The second-order valence-electron chi connectivity index (χ2n) is 11.8. The molecule has 1 heteroatoms. The predicted octanol–water partition coefficient (Wildman–Crippen LogP) is 13.0. The van der Waals surface area contributed by atoms with Gasteiger partial charge in [0.2, 0.25) is 0 Å². The largest absolute Gasteiger partial charge is 0.310 e. The van der Waals surface area contributed by atoms with Gasteiger partial charge in [-0.25, -0.2) is 0 Å². The smallest absolute Gasteiger partial charge is 0.0540 e. The van der Waals surface area contributed by atoms with Crippen molar-refractivity contribution in [2.75, 3.05) is 4.90 Å². The maximum absolute atomic E-state index is 2.37. The molecule has 0 atom stereocenters. The van der Waals surface area contributed by atoms with Gasteiger partial charge in [0.1, 0.15) is 0 Å². The zero-order chi connectivity index (χ0) is 31.4. The predicted molar refractivity (Wildman–Crippen MR) is 200 cm³/mol. The molecule has 0 bridgehead atoms. The molecular weight excluding hydrogens is 567 g/mol. The molecule has 0 saturated heterocycles. The molecule has 8 rings (SSSR count). The van der Waals surface area contributed by atoms with Crippen molar-refractivity contribution in [3.05, 3.63) is 200 Å². The number of hydrogen-bond donors (Lipinski definition) is 0. The average molecular weight is 600 g/mol. The topological polar surface area (TPSA) is 3.24 Å². The summed E-state index contributed by atoms with van der Waals surface area (Å²) in [5.74, 6) is 0. The van der Waals surface area contributed by atoms with Crippen LogP contribution in [0.15, 0.2) is 200 Å². The van der Waals surface area contributed by atoms with Crippen LogP contribution in [0, 0.1) is 0 Å². The quantitative estimate of drug-likeness (QED) is 0.176. The van der Waals surface area contributed by atoms with Crippen LogP contribution in [0.4, 0.5) is 17.1 Å². The highest BCUT2D eigenvalue weighted by Crippen LogP contribution is 2.43. The molecule has 0 amide bonds. The summed E-state index contributed by atoms with van der Waals surface area (Å²) < 4.78 is 0. The third-order valence-corrected chi connectivity index (χ3v) is 8.85. The number of fused-ring (bicyclic) bond motifs is 1. The lowest BCUT2D eigenvalue weighted by Crippen LogP contribution is -2.11. The summed E-state index contributed by atoms with van der Waals surface area (Å²) in [6.07, 6.45) is 0. The zero-order valence-electron chi connectivity index (χ0n) is 26.0. The van der Waals surface area contributed by atoms with Gasteiger partial charge in [-0.1, -0.05) is 152 Å². The first-order valence-corrected chi connectivity index (χ1v) is 16.1. The van der Waals surface area contributed by atoms with Gasteiger partial charge in [-0.15, -0.1) is 0 Å². The van der Waals surface area contributed by atoms with Crippen molar-refractivity contribution in [2.45, 2.75) is 0 Å². The van der Waals surface area contributed by atoms with E-state index >= 15 is 0 Å². The molecule has 0 aromatic heterocycles. The first-order valence-electron chi connectivity index (χ1n) is 16.1. The van der Waals surface area contributed by atoms with Crippen LogP contribution in [0.1, 0.15) is 0 Å². The summed E-state index contributed by atoms with van der Waals surface area (Å²) in [6.45, 7) is 0. The van der Waals surface area contributed by atoms with Crippen LogP contribution in [-0.2, 0) is 0 Å². The fraction of sp³-hybridized carbons (Fsp3) is 0. The van der Waals surface area contributed by atoms with Crippen molar-refractivity contribution in [3.8, 4) is 44.5 Å². The Bertz CT molecular complexity index is 2260. The molecule has 1 nitrogen and oxygen atoms in total. The molecule has 0 saturated carbocycles. The fourth-order valence-electron chi connectivity index (χ4n) is 6.52. The molecule has 8 aromatic carbocycles. The van der Waals surface area contributed by atoms with E-state index in [9.17, 15) is 0 Å². The normalized spacial score (nSPS) is 11.0. The molecule has 0 aliphatic rings. The molecule has 8 aromatic rings. The first kappa shape index (κ1) is 28.3. The third kappa shape index (κ3) is 5.72. The lowest BCUT2D eigenvalue weighted by Gasteiger charge is -2.28. The van der Waals surface area contributed by atoms with Gasteiger partial charge in [-0.3, -0.25) is 0 Å². The summed E-state index contributed by atoms with van der Waals surface area (Å²) in [5, 5.41) is 2.48. The van der Waals surface area contributed by atoms with E-state index in [1.807, 2.05) is 0 Å². The number of benzene rings is 8. The summed E-state index contributed by atoms with van der Waals surface area (Å²) in [6, 6.07) is 71.8. The standard InChI is InChI=1S/C46H33N/c1-5-15-34(16-6-1)40-27-30-46(45(33-40)36-19-9-3-10-20-36)47(41-23-11-4-12-24-41)42-28-25-37(26-29-42)44-32-39-22-14-13-21-38(39)31-43(44)35-17-7-2-8-18-35/h1-33H. The van der Waals surface area contributed by atoms with E-state index in [4.69, 9.17) is 0 Å². The van der Waals surface area contributed by atoms with Crippen molar-refractivity contribution in [2.24, 2.45) is 0 Å². The highest BCUT2D eigenvalue weighted by atomic mass is 15.1. The van der Waals surface area contributed by atoms with Gasteiger partial charge >= 0.3 is 0 Å². The second kappa shape index (κ2) is 12.7. The molecule has 0 unspecified atom stereocenters. The van der Waals surface area contributed by atoms with Gasteiger partial charge in [0.05, 0.1) is 5.69 Å². The molecule has 0 aliphatic carbocycles. The van der Waals surface area contributed by atoms with E-state index in [0.29, 0.717) is 0 Å². The van der Waals surface area contributed by atoms with Gasteiger partial charge in [-0.2, -0.15) is 0 Å². The van der Waals surface area contributed by atoms with E-state index in [-0.39, 0.29) is 0 Å². The average Bonchev–Trinajstić information content (AvgIpc) is 3.16. The van der Waals surface area contributed by atoms with Crippen LogP contribution in [0.3, 0.4) is 0 Å². The summed E-state index contributed by atoms with van der Waals surface area (Å²) in [7, 11) is 0. The van der Waals surface area contributed by atoms with E-state index in [1.165, 1.54) is 55.3 Å². The molecule has 47 heavy (non-hydrogen) atoms. The molecule has 0 radical (unpaired) electrons. The Kier molecular flexibility index (Phi) is 7.63. The Morgan fingerprint density at radius 2 is 0.660 bits per heavy atom. The molecule has 0 spiro atoms. The number of hydrogen-bond acceptors (Lipinski definition) is 1.